The summed E-state index contributed by atoms with van der Waals surface area (Å²) in [6.45, 7) is 4.66. The Morgan fingerprint density at radius 3 is 2.74 bits per heavy atom. The van der Waals surface area contributed by atoms with Gasteiger partial charge in [-0.3, -0.25) is 9.59 Å². The fraction of sp³-hybridized carbons (Fsp3) is 0.208. The maximum absolute atomic E-state index is 12.3. The number of fused-ring (bicyclic) bond motifs is 1. The van der Waals surface area contributed by atoms with Crippen LogP contribution in [0, 0.1) is 6.92 Å². The molecule has 0 saturated heterocycles. The summed E-state index contributed by atoms with van der Waals surface area (Å²) >= 11 is 1.60. The van der Waals surface area contributed by atoms with Crippen LogP contribution in [0.2, 0.25) is 0 Å². The number of amides is 2. The molecule has 4 rings (SSSR count). The van der Waals surface area contributed by atoms with E-state index >= 15 is 0 Å². The monoisotopic (exact) mass is 433 g/mol. The van der Waals surface area contributed by atoms with Crippen LogP contribution in [-0.4, -0.2) is 23.3 Å². The zero-order valence-corrected chi connectivity index (χ0v) is 18.2. The molecular formula is C24H23N3O3S. The van der Waals surface area contributed by atoms with Crippen molar-refractivity contribution in [3.8, 4) is 5.75 Å². The van der Waals surface area contributed by atoms with Crippen molar-refractivity contribution in [2.75, 3.05) is 16.8 Å². The van der Waals surface area contributed by atoms with Gasteiger partial charge in [0.05, 0.1) is 10.7 Å². The molecule has 2 aromatic carbocycles. The van der Waals surface area contributed by atoms with Gasteiger partial charge < -0.3 is 15.0 Å². The van der Waals surface area contributed by atoms with Crippen LogP contribution in [0.3, 0.4) is 0 Å². The molecule has 0 spiro atoms. The standard InChI is InChI=1S/C24H23N3O3S/c1-16-25-21(15-31-16)14-30-22-7-3-18(4-8-22)5-10-24(29)26-20-6-9-23-19(13-20)11-12-27(23)17(2)28/h3-10,13,15H,11-12,14H2,1-2H3,(H,26,29)/b10-5+. The van der Waals surface area contributed by atoms with Crippen LogP contribution >= 0.6 is 11.3 Å². The largest absolute Gasteiger partial charge is 0.487 e. The summed E-state index contributed by atoms with van der Waals surface area (Å²) < 4.78 is 5.74. The van der Waals surface area contributed by atoms with Crippen LogP contribution in [0.5, 0.6) is 5.75 Å². The first-order chi connectivity index (χ1) is 15.0. The van der Waals surface area contributed by atoms with Gasteiger partial charge in [-0.2, -0.15) is 0 Å². The van der Waals surface area contributed by atoms with Crippen molar-refractivity contribution in [2.45, 2.75) is 26.9 Å². The summed E-state index contributed by atoms with van der Waals surface area (Å²) in [5.41, 5.74) is 4.54. The van der Waals surface area contributed by atoms with Gasteiger partial charge in [-0.1, -0.05) is 12.1 Å². The summed E-state index contributed by atoms with van der Waals surface area (Å²) in [6.07, 6.45) is 4.06. The molecule has 0 atom stereocenters. The highest BCUT2D eigenvalue weighted by Gasteiger charge is 2.22. The second-order valence-electron chi connectivity index (χ2n) is 7.30. The summed E-state index contributed by atoms with van der Waals surface area (Å²) in [6, 6.07) is 13.2. The summed E-state index contributed by atoms with van der Waals surface area (Å²) in [5, 5.41) is 5.89. The van der Waals surface area contributed by atoms with Crippen molar-refractivity contribution in [1.82, 2.24) is 4.98 Å². The number of thiazole rings is 1. The molecule has 1 aliphatic rings. The van der Waals surface area contributed by atoms with E-state index < -0.39 is 0 Å². The van der Waals surface area contributed by atoms with Crippen LogP contribution in [0.15, 0.2) is 53.9 Å². The molecule has 0 saturated carbocycles. The first-order valence-electron chi connectivity index (χ1n) is 10.0. The quantitative estimate of drug-likeness (QED) is 0.577. The highest BCUT2D eigenvalue weighted by atomic mass is 32.1. The summed E-state index contributed by atoms with van der Waals surface area (Å²) in [4.78, 5) is 30.1. The number of aryl methyl sites for hydroxylation is 1. The Hall–Kier alpha value is -3.45. The Bertz CT molecular complexity index is 1140. The van der Waals surface area contributed by atoms with Crippen molar-refractivity contribution >= 4 is 40.6 Å². The number of carbonyl (C=O) groups is 2. The van der Waals surface area contributed by atoms with E-state index in [9.17, 15) is 9.59 Å². The van der Waals surface area contributed by atoms with Gasteiger partial charge in [0.1, 0.15) is 12.4 Å². The van der Waals surface area contributed by atoms with E-state index in [1.807, 2.05) is 54.8 Å². The van der Waals surface area contributed by atoms with E-state index in [0.29, 0.717) is 13.2 Å². The van der Waals surface area contributed by atoms with Gasteiger partial charge >= 0.3 is 0 Å². The zero-order chi connectivity index (χ0) is 21.8. The van der Waals surface area contributed by atoms with Gasteiger partial charge in [-0.25, -0.2) is 4.98 Å². The molecule has 158 valence electrons. The van der Waals surface area contributed by atoms with Crippen LogP contribution in [-0.2, 0) is 22.6 Å². The SMILES string of the molecule is CC(=O)N1CCc2cc(NC(=O)/C=C/c3ccc(OCc4csc(C)n4)cc3)ccc21. The Balaban J connectivity index is 1.31. The van der Waals surface area contributed by atoms with Crippen molar-refractivity contribution in [3.63, 3.8) is 0 Å². The molecule has 0 fully saturated rings. The Morgan fingerprint density at radius 1 is 1.23 bits per heavy atom. The number of rotatable bonds is 6. The lowest BCUT2D eigenvalue weighted by Crippen LogP contribution is -2.25. The minimum atomic E-state index is -0.208. The average molecular weight is 434 g/mol. The number of nitrogens with one attached hydrogen (secondary N) is 1. The molecule has 1 aromatic heterocycles. The third-order valence-corrected chi connectivity index (χ3v) is 5.81. The second-order valence-corrected chi connectivity index (χ2v) is 8.36. The van der Waals surface area contributed by atoms with Gasteiger partial charge in [0, 0.05) is 36.3 Å². The van der Waals surface area contributed by atoms with Crippen molar-refractivity contribution in [3.05, 3.63) is 75.7 Å². The van der Waals surface area contributed by atoms with E-state index in [4.69, 9.17) is 4.74 Å². The maximum Gasteiger partial charge on any atom is 0.248 e. The van der Waals surface area contributed by atoms with E-state index in [1.165, 1.54) is 6.08 Å². The maximum atomic E-state index is 12.3. The third-order valence-electron chi connectivity index (χ3n) is 4.98. The fourth-order valence-corrected chi connectivity index (χ4v) is 4.07. The Morgan fingerprint density at radius 2 is 2.03 bits per heavy atom. The normalized spacial score (nSPS) is 12.8. The molecule has 0 bridgehead atoms. The minimum Gasteiger partial charge on any atom is -0.487 e. The van der Waals surface area contributed by atoms with Gasteiger partial charge in [-0.15, -0.1) is 11.3 Å². The minimum absolute atomic E-state index is 0.0353. The molecule has 2 heterocycles. The van der Waals surface area contributed by atoms with Crippen molar-refractivity contribution in [2.24, 2.45) is 0 Å². The van der Waals surface area contributed by atoms with Gasteiger partial charge in [-0.05, 0) is 60.9 Å². The zero-order valence-electron chi connectivity index (χ0n) is 17.4. The Labute approximate surface area is 185 Å². The topological polar surface area (TPSA) is 71.5 Å². The predicted molar refractivity (Wildman–Crippen MR) is 123 cm³/mol. The molecule has 31 heavy (non-hydrogen) atoms. The predicted octanol–water partition coefficient (Wildman–Crippen LogP) is 4.59. The van der Waals surface area contributed by atoms with Crippen molar-refractivity contribution in [1.29, 1.82) is 0 Å². The molecule has 3 aromatic rings. The lowest BCUT2D eigenvalue weighted by molar-refractivity contribution is -0.116. The third kappa shape index (κ3) is 5.19. The number of ether oxygens (including phenoxy) is 1. The smallest absolute Gasteiger partial charge is 0.248 e. The van der Waals surface area contributed by atoms with Gasteiger partial charge in [0.15, 0.2) is 0 Å². The van der Waals surface area contributed by atoms with Crippen LogP contribution < -0.4 is 15.0 Å². The number of aromatic nitrogens is 1. The molecule has 1 N–H and O–H groups in total. The molecule has 0 radical (unpaired) electrons. The Kier molecular flexibility index (Phi) is 6.13. The fourth-order valence-electron chi connectivity index (χ4n) is 3.47. The molecule has 6 nitrogen and oxygen atoms in total. The summed E-state index contributed by atoms with van der Waals surface area (Å²) in [7, 11) is 0. The molecule has 2 amide bonds. The summed E-state index contributed by atoms with van der Waals surface area (Å²) in [5.74, 6) is 0.582. The molecule has 0 unspecified atom stereocenters. The van der Waals surface area contributed by atoms with Crippen LogP contribution in [0.4, 0.5) is 11.4 Å². The lowest BCUT2D eigenvalue weighted by Gasteiger charge is -2.14. The number of anilines is 2. The first-order valence-corrected chi connectivity index (χ1v) is 10.9. The number of hydrogen-bond donors (Lipinski definition) is 1. The van der Waals surface area contributed by atoms with Crippen LogP contribution in [0.25, 0.3) is 6.08 Å². The molecule has 1 aliphatic heterocycles. The van der Waals surface area contributed by atoms with Gasteiger partial charge in [0.2, 0.25) is 11.8 Å². The average Bonchev–Trinajstić information content (AvgIpc) is 3.37. The van der Waals surface area contributed by atoms with E-state index in [0.717, 1.165) is 45.4 Å². The van der Waals surface area contributed by atoms with E-state index in [-0.39, 0.29) is 11.8 Å². The highest BCUT2D eigenvalue weighted by molar-refractivity contribution is 7.09. The van der Waals surface area contributed by atoms with Crippen LogP contribution in [0.1, 0.15) is 28.8 Å². The number of hydrogen-bond acceptors (Lipinski definition) is 5. The second kappa shape index (κ2) is 9.14. The first kappa shape index (κ1) is 20.8. The number of benzene rings is 2. The molecular weight excluding hydrogens is 410 g/mol. The van der Waals surface area contributed by atoms with Crippen molar-refractivity contribution < 1.29 is 14.3 Å². The molecule has 7 heteroatoms. The van der Waals surface area contributed by atoms with E-state index in [1.54, 1.807) is 29.2 Å². The number of nitrogens with zero attached hydrogens (tertiary/aromatic N) is 2. The van der Waals surface area contributed by atoms with Gasteiger partial charge in [0.25, 0.3) is 0 Å². The number of carbonyl (C=O) groups excluding carboxylic acids is 2. The highest BCUT2D eigenvalue weighted by Crippen LogP contribution is 2.30. The molecule has 0 aliphatic carbocycles. The van der Waals surface area contributed by atoms with E-state index in [2.05, 4.69) is 10.3 Å². The lowest BCUT2D eigenvalue weighted by atomic mass is 10.1.